The van der Waals surface area contributed by atoms with Crippen LogP contribution in [0.5, 0.6) is 0 Å². The Morgan fingerprint density at radius 2 is 2.22 bits per heavy atom. The highest BCUT2D eigenvalue weighted by Gasteiger charge is 2.19. The topological polar surface area (TPSA) is 48.1 Å². The minimum atomic E-state index is -0.0217. The number of aromatic nitrogens is 1. The summed E-state index contributed by atoms with van der Waals surface area (Å²) in [5.74, 6) is 0.766. The van der Waals surface area contributed by atoms with E-state index in [0.717, 1.165) is 28.9 Å². The second kappa shape index (κ2) is 7.18. The van der Waals surface area contributed by atoms with E-state index >= 15 is 0 Å². The smallest absolute Gasteiger partial charge is 0.255 e. The van der Waals surface area contributed by atoms with Gasteiger partial charge in [-0.25, -0.2) is 0 Å². The highest BCUT2D eigenvalue weighted by atomic mass is 16.1. The second-order valence-electron chi connectivity index (χ2n) is 7.08. The lowest BCUT2D eigenvalue weighted by atomic mass is 10.0. The first-order valence-corrected chi connectivity index (χ1v) is 8.72. The highest BCUT2D eigenvalue weighted by Crippen LogP contribution is 2.20. The number of hydrogen-bond donors (Lipinski definition) is 2. The standard InChI is InChI=1S/C19H27N3O/c1-14(2)8-11-22-10-3-4-17(13-22)21-16-5-6-18-15(12-16)7-9-20-19(18)23/h5-7,9,12,14,17,21H,3-4,8,10-11,13H2,1-2H3,(H,20,23)/t17-/m1/s1. The van der Waals surface area contributed by atoms with E-state index in [1.807, 2.05) is 18.2 Å². The van der Waals surface area contributed by atoms with Crippen molar-refractivity contribution >= 4 is 16.5 Å². The van der Waals surface area contributed by atoms with Gasteiger partial charge in [0.15, 0.2) is 0 Å². The molecule has 0 spiro atoms. The molecule has 3 rings (SSSR count). The first kappa shape index (κ1) is 16.1. The summed E-state index contributed by atoms with van der Waals surface area (Å²) in [5, 5.41) is 5.40. The number of anilines is 1. The molecule has 1 aromatic heterocycles. The van der Waals surface area contributed by atoms with Crippen molar-refractivity contribution in [3.8, 4) is 0 Å². The van der Waals surface area contributed by atoms with Gasteiger partial charge in [-0.3, -0.25) is 4.79 Å². The van der Waals surface area contributed by atoms with Crippen LogP contribution >= 0.6 is 0 Å². The molecule has 2 aromatic rings. The van der Waals surface area contributed by atoms with Crippen molar-refractivity contribution in [1.82, 2.24) is 9.88 Å². The number of likely N-dealkylation sites (tertiary alicyclic amines) is 1. The molecule has 0 saturated carbocycles. The van der Waals surface area contributed by atoms with Crippen LogP contribution < -0.4 is 10.9 Å². The fraction of sp³-hybridized carbons (Fsp3) is 0.526. The van der Waals surface area contributed by atoms with Gasteiger partial charge in [0.1, 0.15) is 0 Å². The molecule has 1 aliphatic rings. The summed E-state index contributed by atoms with van der Waals surface area (Å²) in [5.41, 5.74) is 1.09. The minimum Gasteiger partial charge on any atom is -0.381 e. The van der Waals surface area contributed by atoms with Gasteiger partial charge in [-0.2, -0.15) is 0 Å². The lowest BCUT2D eigenvalue weighted by Gasteiger charge is -2.34. The number of piperidine rings is 1. The molecule has 0 unspecified atom stereocenters. The molecule has 1 saturated heterocycles. The Hall–Kier alpha value is -1.81. The first-order valence-electron chi connectivity index (χ1n) is 8.72. The van der Waals surface area contributed by atoms with Gasteiger partial charge in [0.25, 0.3) is 5.56 Å². The summed E-state index contributed by atoms with van der Waals surface area (Å²) >= 11 is 0. The fourth-order valence-corrected chi connectivity index (χ4v) is 3.33. The van der Waals surface area contributed by atoms with Gasteiger partial charge in [-0.15, -0.1) is 0 Å². The summed E-state index contributed by atoms with van der Waals surface area (Å²) in [6.07, 6.45) is 5.45. The quantitative estimate of drug-likeness (QED) is 0.889. The summed E-state index contributed by atoms with van der Waals surface area (Å²) < 4.78 is 0. The molecule has 0 amide bonds. The zero-order valence-electron chi connectivity index (χ0n) is 14.1. The number of fused-ring (bicyclic) bond motifs is 1. The highest BCUT2D eigenvalue weighted by molar-refractivity contribution is 5.84. The zero-order valence-corrected chi connectivity index (χ0v) is 14.1. The van der Waals surface area contributed by atoms with E-state index in [0.29, 0.717) is 6.04 Å². The van der Waals surface area contributed by atoms with Crippen LogP contribution in [0.2, 0.25) is 0 Å². The van der Waals surface area contributed by atoms with Crippen molar-refractivity contribution in [2.24, 2.45) is 5.92 Å². The van der Waals surface area contributed by atoms with E-state index in [2.05, 4.69) is 35.1 Å². The van der Waals surface area contributed by atoms with Crippen molar-refractivity contribution in [2.45, 2.75) is 39.2 Å². The molecule has 2 heterocycles. The summed E-state index contributed by atoms with van der Waals surface area (Å²) in [6, 6.07) is 8.46. The molecule has 124 valence electrons. The predicted octanol–water partition coefficient (Wildman–Crippen LogP) is 3.45. The maximum atomic E-state index is 11.8. The fourth-order valence-electron chi connectivity index (χ4n) is 3.33. The number of aromatic amines is 1. The van der Waals surface area contributed by atoms with Crippen molar-refractivity contribution in [3.63, 3.8) is 0 Å². The van der Waals surface area contributed by atoms with Crippen molar-refractivity contribution in [2.75, 3.05) is 25.0 Å². The van der Waals surface area contributed by atoms with Crippen molar-refractivity contribution in [3.05, 3.63) is 40.8 Å². The SMILES string of the molecule is CC(C)CCN1CCC[C@@H](Nc2ccc3c(=O)[nH]ccc3c2)C1. The lowest BCUT2D eigenvalue weighted by molar-refractivity contribution is 0.206. The van der Waals surface area contributed by atoms with E-state index in [1.54, 1.807) is 6.20 Å². The van der Waals surface area contributed by atoms with Crippen molar-refractivity contribution in [1.29, 1.82) is 0 Å². The predicted molar refractivity (Wildman–Crippen MR) is 97.1 cm³/mol. The molecule has 23 heavy (non-hydrogen) atoms. The van der Waals surface area contributed by atoms with Gasteiger partial charge in [-0.1, -0.05) is 13.8 Å². The van der Waals surface area contributed by atoms with E-state index < -0.39 is 0 Å². The molecule has 0 radical (unpaired) electrons. The Morgan fingerprint density at radius 1 is 1.35 bits per heavy atom. The molecule has 0 aliphatic carbocycles. The van der Waals surface area contributed by atoms with Gasteiger partial charge >= 0.3 is 0 Å². The first-order chi connectivity index (χ1) is 11.1. The van der Waals surface area contributed by atoms with Crippen LogP contribution in [-0.4, -0.2) is 35.6 Å². The summed E-state index contributed by atoms with van der Waals surface area (Å²) in [6.45, 7) is 8.11. The molecule has 4 heteroatoms. The number of benzene rings is 1. The Labute approximate surface area is 137 Å². The molecule has 2 N–H and O–H groups in total. The van der Waals surface area contributed by atoms with E-state index in [9.17, 15) is 4.79 Å². The average Bonchev–Trinajstić information content (AvgIpc) is 2.53. The maximum absolute atomic E-state index is 11.8. The maximum Gasteiger partial charge on any atom is 0.255 e. The molecule has 1 aliphatic heterocycles. The number of rotatable bonds is 5. The van der Waals surface area contributed by atoms with Gasteiger partial charge in [-0.05, 0) is 67.9 Å². The van der Waals surface area contributed by atoms with Gasteiger partial charge in [0.2, 0.25) is 0 Å². The van der Waals surface area contributed by atoms with Crippen LogP contribution in [-0.2, 0) is 0 Å². The number of hydrogen-bond acceptors (Lipinski definition) is 3. The van der Waals surface area contributed by atoms with Crippen LogP contribution in [0.15, 0.2) is 35.3 Å². The second-order valence-corrected chi connectivity index (χ2v) is 7.08. The molecule has 1 aromatic carbocycles. The molecule has 0 bridgehead atoms. The number of pyridine rings is 1. The summed E-state index contributed by atoms with van der Waals surface area (Å²) in [4.78, 5) is 17.1. The Bertz CT molecular complexity index is 707. The lowest BCUT2D eigenvalue weighted by Crippen LogP contribution is -2.42. The third kappa shape index (κ3) is 4.14. The largest absolute Gasteiger partial charge is 0.381 e. The zero-order chi connectivity index (χ0) is 16.2. The third-order valence-electron chi connectivity index (χ3n) is 4.67. The average molecular weight is 313 g/mol. The minimum absolute atomic E-state index is 0.0217. The molecule has 1 fully saturated rings. The van der Waals surface area contributed by atoms with E-state index in [1.165, 1.54) is 32.4 Å². The Balaban J connectivity index is 1.65. The van der Waals surface area contributed by atoms with Crippen LogP contribution in [0.3, 0.4) is 0 Å². The van der Waals surface area contributed by atoms with Gasteiger partial charge < -0.3 is 15.2 Å². The Morgan fingerprint density at radius 3 is 3.04 bits per heavy atom. The molecule has 4 nitrogen and oxygen atoms in total. The van der Waals surface area contributed by atoms with Crippen LogP contribution in [0.4, 0.5) is 5.69 Å². The summed E-state index contributed by atoms with van der Waals surface area (Å²) in [7, 11) is 0. The normalized spacial score (nSPS) is 19.3. The van der Waals surface area contributed by atoms with Crippen LogP contribution in [0.1, 0.15) is 33.1 Å². The number of nitrogens with one attached hydrogen (secondary N) is 2. The number of H-pyrrole nitrogens is 1. The van der Waals surface area contributed by atoms with Crippen LogP contribution in [0, 0.1) is 5.92 Å². The molecular weight excluding hydrogens is 286 g/mol. The van der Waals surface area contributed by atoms with E-state index in [4.69, 9.17) is 0 Å². The molecule has 1 atom stereocenters. The number of nitrogens with zero attached hydrogens (tertiary/aromatic N) is 1. The monoisotopic (exact) mass is 313 g/mol. The molecular formula is C19H27N3O. The van der Waals surface area contributed by atoms with Gasteiger partial charge in [0.05, 0.1) is 0 Å². The Kier molecular flexibility index (Phi) is 5.01. The van der Waals surface area contributed by atoms with E-state index in [-0.39, 0.29) is 5.56 Å². The third-order valence-corrected chi connectivity index (χ3v) is 4.67. The van der Waals surface area contributed by atoms with Gasteiger partial charge in [0, 0.05) is 29.9 Å². The van der Waals surface area contributed by atoms with Crippen molar-refractivity contribution < 1.29 is 0 Å². The van der Waals surface area contributed by atoms with Crippen LogP contribution in [0.25, 0.3) is 10.8 Å².